The maximum absolute atomic E-state index is 14.9. The van der Waals surface area contributed by atoms with Crippen LogP contribution in [0.15, 0.2) is 53.3 Å². The van der Waals surface area contributed by atoms with Crippen LogP contribution in [0, 0.1) is 5.82 Å². The monoisotopic (exact) mass is 548 g/mol. The number of nitrogens with two attached hydrogens (primary N) is 1. The number of carboxylic acid groups (broad SMARTS) is 1. The summed E-state index contributed by atoms with van der Waals surface area (Å²) in [4.78, 5) is 20.1. The van der Waals surface area contributed by atoms with Crippen LogP contribution in [0.25, 0.3) is 28.0 Å². The molecule has 1 aromatic carbocycles. The van der Waals surface area contributed by atoms with Gasteiger partial charge in [-0.2, -0.15) is 19.7 Å². The fourth-order valence-electron chi connectivity index (χ4n) is 4.88. The van der Waals surface area contributed by atoms with E-state index in [0.29, 0.717) is 42.4 Å². The summed E-state index contributed by atoms with van der Waals surface area (Å²) in [5, 5.41) is 19.2. The fraction of sp³-hybridized carbons (Fsp3) is 0.333. The van der Waals surface area contributed by atoms with Gasteiger partial charge in [-0.05, 0) is 44.2 Å². The number of benzene rings is 1. The van der Waals surface area contributed by atoms with Crippen molar-refractivity contribution in [1.29, 1.82) is 0 Å². The van der Waals surface area contributed by atoms with Crippen LogP contribution in [0.2, 0.25) is 0 Å². The van der Waals surface area contributed by atoms with Crippen molar-refractivity contribution < 1.29 is 23.4 Å². The zero-order chi connectivity index (χ0) is 28.0. The Morgan fingerprint density at radius 3 is 2.67 bits per heavy atom. The van der Waals surface area contributed by atoms with Gasteiger partial charge in [-0.25, -0.2) is 13.9 Å². The Bertz CT molecular complexity index is 1690. The Morgan fingerprint density at radius 1 is 1.18 bits per heavy atom. The molecule has 208 valence electrons. The molecule has 1 aliphatic heterocycles. The van der Waals surface area contributed by atoms with Gasteiger partial charge in [-0.15, -0.1) is 0 Å². The van der Waals surface area contributed by atoms with Crippen LogP contribution in [-0.4, -0.2) is 78.7 Å². The summed E-state index contributed by atoms with van der Waals surface area (Å²) in [5.74, 6) is -0.474. The number of rotatable bonds is 8. The van der Waals surface area contributed by atoms with Crippen molar-refractivity contribution in [2.75, 3.05) is 43.4 Å². The highest BCUT2D eigenvalue weighted by atomic mass is 19.1. The van der Waals surface area contributed by atoms with E-state index in [1.165, 1.54) is 19.9 Å². The van der Waals surface area contributed by atoms with E-state index in [0.717, 1.165) is 30.5 Å². The molecular weight excluding hydrogens is 519 g/mol. The van der Waals surface area contributed by atoms with Crippen LogP contribution >= 0.6 is 0 Å². The molecule has 0 saturated carbocycles. The minimum Gasteiger partial charge on any atom is -0.478 e. The molecule has 0 spiro atoms. The average Bonchev–Trinajstić information content (AvgIpc) is 3.68. The highest BCUT2D eigenvalue weighted by molar-refractivity contribution is 5.93. The van der Waals surface area contributed by atoms with Gasteiger partial charge in [-0.3, -0.25) is 4.90 Å². The molecule has 13 heteroatoms. The number of aliphatic carboxylic acids is 1. The number of hydrogen-bond donors (Lipinski definition) is 2. The summed E-state index contributed by atoms with van der Waals surface area (Å²) >= 11 is 0. The van der Waals surface area contributed by atoms with Gasteiger partial charge in [0.15, 0.2) is 17.0 Å². The third kappa shape index (κ3) is 4.68. The average molecular weight is 549 g/mol. The molecule has 0 radical (unpaired) electrons. The third-order valence-electron chi connectivity index (χ3n) is 7.16. The van der Waals surface area contributed by atoms with E-state index in [9.17, 15) is 14.3 Å². The van der Waals surface area contributed by atoms with Gasteiger partial charge < -0.3 is 24.9 Å². The standard InChI is InChI=1S/C27H29FN8O4/c1-27(2,25(37)38)40-17-5-6-21(19(28)14-17)34-10-7-33(8-11-34)9-12-35-24-18(16-30-35)22-15-20(23-4-3-13-39-23)32-36(22)26(29)31-24/h3-6,13-16H,7-12H2,1-2H3,(H2,29,31)(H,37,38). The van der Waals surface area contributed by atoms with Crippen molar-refractivity contribution in [3.63, 3.8) is 0 Å². The first-order valence-corrected chi connectivity index (χ1v) is 12.9. The zero-order valence-corrected chi connectivity index (χ0v) is 22.1. The Labute approximate surface area is 228 Å². The molecule has 5 aromatic rings. The van der Waals surface area contributed by atoms with Crippen molar-refractivity contribution in [3.8, 4) is 17.2 Å². The van der Waals surface area contributed by atoms with Gasteiger partial charge in [0.2, 0.25) is 5.95 Å². The molecule has 0 amide bonds. The van der Waals surface area contributed by atoms with Gasteiger partial charge >= 0.3 is 5.97 Å². The number of carboxylic acids is 1. The Hall–Kier alpha value is -4.65. The predicted octanol–water partition coefficient (Wildman–Crippen LogP) is 3.12. The predicted molar refractivity (Wildman–Crippen MR) is 146 cm³/mol. The van der Waals surface area contributed by atoms with Crippen LogP contribution in [0.3, 0.4) is 0 Å². The van der Waals surface area contributed by atoms with Gasteiger partial charge in [-0.1, -0.05) is 0 Å². The molecule has 3 N–H and O–H groups in total. The van der Waals surface area contributed by atoms with E-state index in [4.69, 9.17) is 14.9 Å². The van der Waals surface area contributed by atoms with Crippen molar-refractivity contribution in [3.05, 3.63) is 54.7 Å². The third-order valence-corrected chi connectivity index (χ3v) is 7.16. The van der Waals surface area contributed by atoms with Crippen molar-refractivity contribution in [2.45, 2.75) is 26.0 Å². The summed E-state index contributed by atoms with van der Waals surface area (Å²) < 4.78 is 29.3. The van der Waals surface area contributed by atoms with Crippen LogP contribution < -0.4 is 15.4 Å². The lowest BCUT2D eigenvalue weighted by Crippen LogP contribution is -2.47. The molecule has 12 nitrogen and oxygen atoms in total. The van der Waals surface area contributed by atoms with E-state index in [2.05, 4.69) is 20.1 Å². The minimum absolute atomic E-state index is 0.179. The molecule has 1 aliphatic rings. The maximum atomic E-state index is 14.9. The Morgan fingerprint density at radius 2 is 1.98 bits per heavy atom. The maximum Gasteiger partial charge on any atom is 0.347 e. The van der Waals surface area contributed by atoms with Crippen molar-refractivity contribution in [2.24, 2.45) is 0 Å². The lowest BCUT2D eigenvalue weighted by molar-refractivity contribution is -0.152. The van der Waals surface area contributed by atoms with Gasteiger partial charge in [0.1, 0.15) is 17.3 Å². The lowest BCUT2D eigenvalue weighted by Gasteiger charge is -2.36. The number of halogens is 1. The number of hydrogen-bond acceptors (Lipinski definition) is 9. The Kier molecular flexibility index (Phi) is 6.29. The molecule has 1 fully saturated rings. The molecule has 0 bridgehead atoms. The second kappa shape index (κ2) is 9.83. The molecule has 0 aliphatic carbocycles. The second-order valence-electron chi connectivity index (χ2n) is 10.2. The topological polar surface area (TPSA) is 140 Å². The SMILES string of the molecule is CC(C)(Oc1ccc(N2CCN(CCn3ncc4c3nc(N)n3nc(-c5ccco5)cc43)CC2)c(F)c1)C(=O)O. The summed E-state index contributed by atoms with van der Waals surface area (Å²) in [7, 11) is 0. The number of anilines is 2. The number of carbonyl (C=O) groups is 1. The van der Waals surface area contributed by atoms with Crippen LogP contribution in [0.5, 0.6) is 5.75 Å². The van der Waals surface area contributed by atoms with Crippen LogP contribution in [0.1, 0.15) is 13.8 Å². The molecular formula is C27H29FN8O4. The minimum atomic E-state index is -1.45. The van der Waals surface area contributed by atoms with E-state index in [-0.39, 0.29) is 11.7 Å². The van der Waals surface area contributed by atoms with Crippen LogP contribution in [-0.2, 0) is 11.3 Å². The quantitative estimate of drug-likeness (QED) is 0.297. The number of nitrogen functional groups attached to an aromatic ring is 1. The Balaban J connectivity index is 1.10. The molecule has 4 aromatic heterocycles. The molecule has 0 unspecified atom stereocenters. The summed E-state index contributed by atoms with van der Waals surface area (Å²) in [5.41, 5.74) is 7.40. The van der Waals surface area contributed by atoms with Crippen LogP contribution in [0.4, 0.5) is 16.0 Å². The molecule has 6 rings (SSSR count). The van der Waals surface area contributed by atoms with E-state index >= 15 is 0 Å². The number of furan rings is 1. The number of ether oxygens (including phenoxy) is 1. The summed E-state index contributed by atoms with van der Waals surface area (Å²) in [6, 6.07) is 10.0. The van der Waals surface area contributed by atoms with Crippen molar-refractivity contribution >= 4 is 34.2 Å². The molecule has 40 heavy (non-hydrogen) atoms. The van der Waals surface area contributed by atoms with Gasteiger partial charge in [0, 0.05) is 38.8 Å². The van der Waals surface area contributed by atoms with E-state index < -0.39 is 17.4 Å². The normalized spacial score (nSPS) is 14.8. The zero-order valence-electron chi connectivity index (χ0n) is 22.1. The van der Waals surface area contributed by atoms with Gasteiger partial charge in [0.05, 0.1) is 35.6 Å². The number of fused-ring (bicyclic) bond motifs is 3. The number of piperazine rings is 1. The summed E-state index contributed by atoms with van der Waals surface area (Å²) in [6.45, 7) is 7.00. The molecule has 5 heterocycles. The van der Waals surface area contributed by atoms with E-state index in [1.807, 2.05) is 21.7 Å². The first-order chi connectivity index (χ1) is 19.2. The molecule has 1 saturated heterocycles. The second-order valence-corrected chi connectivity index (χ2v) is 10.2. The first-order valence-electron chi connectivity index (χ1n) is 12.9. The highest BCUT2D eigenvalue weighted by Crippen LogP contribution is 2.28. The fourth-order valence-corrected chi connectivity index (χ4v) is 4.88. The molecule has 0 atom stereocenters. The summed E-state index contributed by atoms with van der Waals surface area (Å²) in [6.07, 6.45) is 3.37. The lowest BCUT2D eigenvalue weighted by atomic mass is 10.1. The number of aromatic nitrogens is 5. The van der Waals surface area contributed by atoms with E-state index in [1.54, 1.807) is 35.2 Å². The smallest absolute Gasteiger partial charge is 0.347 e. The van der Waals surface area contributed by atoms with Gasteiger partial charge in [0.25, 0.3) is 0 Å². The first kappa shape index (κ1) is 25.6. The number of nitrogens with zero attached hydrogens (tertiary/aromatic N) is 7. The highest BCUT2D eigenvalue weighted by Gasteiger charge is 2.30. The van der Waals surface area contributed by atoms with Crippen molar-refractivity contribution in [1.82, 2.24) is 29.3 Å². The largest absolute Gasteiger partial charge is 0.478 e.